The molecule has 0 bridgehead atoms. The summed E-state index contributed by atoms with van der Waals surface area (Å²) in [6, 6.07) is -1.58. The van der Waals surface area contributed by atoms with Crippen molar-refractivity contribution in [3.05, 3.63) is 0 Å². The lowest BCUT2D eigenvalue weighted by molar-refractivity contribution is -0.401. The molecule has 0 aromatic rings. The number of hydrogen-bond acceptors (Lipinski definition) is 24. The molecule has 4 fully saturated rings. The smallest absolute Gasteiger partial charge is 0.394 e. The van der Waals surface area contributed by atoms with Gasteiger partial charge in [0.05, 0.1) is 33.0 Å². The van der Waals surface area contributed by atoms with Crippen molar-refractivity contribution in [1.29, 1.82) is 0 Å². The van der Waals surface area contributed by atoms with Crippen molar-refractivity contribution < 1.29 is 118 Å². The van der Waals surface area contributed by atoms with Gasteiger partial charge in [0.2, 0.25) is 5.91 Å². The average molecular weight is 831 g/mol. The van der Waals surface area contributed by atoms with Crippen LogP contribution < -0.4 is 11.1 Å². The first kappa shape index (κ1) is 46.5. The Morgan fingerprint density at radius 3 is 1.62 bits per heavy atom. The fourth-order valence-corrected chi connectivity index (χ4v) is 7.01. The first-order valence-corrected chi connectivity index (χ1v) is 18.5. The molecule has 4 heterocycles. The van der Waals surface area contributed by atoms with Crippen molar-refractivity contribution in [3.63, 3.8) is 0 Å². The minimum absolute atomic E-state index is 0.177. The predicted molar refractivity (Wildman–Crippen MR) is 169 cm³/mol. The standard InChI is InChI=1S/C28H51N2O24P/c1-8(34)30-13-17(38)22(11(6-33)48-25(13)43)52-28-24(20(41)16(37)12(51-28)7-47-55(44,45)46-3-2-29)54-27-23(19(40)15(36)10(5-32)50-27)53-26-21(42)18(39)14(35)9(4-31)49-26/h9-28,31-33,35-43H,2-7,29H2,1H3,(H,30,34)(H,44,45)/t9-,10-,11-,12-,13-,14-,15-,16-,17-,18+,19+,20+,21+,22-,23+,24+,25-,26-,27-,28-/m1/s1. The fourth-order valence-electron chi connectivity index (χ4n) is 6.27. The van der Waals surface area contributed by atoms with Crippen LogP contribution in [0.25, 0.3) is 0 Å². The molecule has 4 aliphatic heterocycles. The number of nitrogens with one attached hydrogen (secondary N) is 1. The molecule has 0 spiro atoms. The van der Waals surface area contributed by atoms with Crippen molar-refractivity contribution >= 4 is 13.7 Å². The van der Waals surface area contributed by atoms with Crippen LogP contribution in [0.2, 0.25) is 0 Å². The summed E-state index contributed by atoms with van der Waals surface area (Å²) >= 11 is 0. The highest BCUT2D eigenvalue weighted by Gasteiger charge is 2.56. The SMILES string of the molecule is CC(=O)N[C@@H]1[C@@H](O)[C@H](O[C@H]2O[C@H](COP(=O)(O)OCCN)[C@@H](O)[C@H](O)[C@@H]2O[C@H]2O[C@H](CO)[C@@H](O)[C@H](O)[C@@H]2O[C@H]2O[C@H](CO)[C@@H](O)[C@H](O)[C@@H]2O)[C@@H](CO)O[C@H]1O. The van der Waals surface area contributed by atoms with Crippen LogP contribution >= 0.6 is 7.82 Å². The Bertz CT molecular complexity index is 1260. The first-order valence-electron chi connectivity index (χ1n) is 17.0. The summed E-state index contributed by atoms with van der Waals surface area (Å²) < 4.78 is 61.3. The molecule has 21 atom stereocenters. The van der Waals surface area contributed by atoms with E-state index in [-0.39, 0.29) is 6.54 Å². The fraction of sp³-hybridized carbons (Fsp3) is 0.964. The van der Waals surface area contributed by atoms with Crippen LogP contribution in [0.1, 0.15) is 6.92 Å². The second kappa shape index (κ2) is 20.2. The van der Waals surface area contributed by atoms with Crippen molar-refractivity contribution in [1.82, 2.24) is 5.32 Å². The maximum Gasteiger partial charge on any atom is 0.472 e. The summed E-state index contributed by atoms with van der Waals surface area (Å²) in [4.78, 5) is 21.8. The lowest BCUT2D eigenvalue weighted by atomic mass is 9.95. The highest BCUT2D eigenvalue weighted by molar-refractivity contribution is 7.47. The molecule has 0 saturated carbocycles. The largest absolute Gasteiger partial charge is 0.472 e. The van der Waals surface area contributed by atoms with E-state index in [9.17, 15) is 75.5 Å². The third-order valence-electron chi connectivity index (χ3n) is 9.21. The van der Waals surface area contributed by atoms with Crippen LogP contribution in [0, 0.1) is 0 Å². The van der Waals surface area contributed by atoms with Gasteiger partial charge in [-0.2, -0.15) is 0 Å². The Balaban J connectivity index is 1.68. The zero-order valence-electron chi connectivity index (χ0n) is 29.1. The molecular weight excluding hydrogens is 779 g/mol. The normalized spacial score (nSPS) is 46.5. The van der Waals surface area contributed by atoms with Gasteiger partial charge in [0.25, 0.3) is 0 Å². The van der Waals surface area contributed by atoms with Crippen LogP contribution in [-0.4, -0.2) is 234 Å². The number of phosphoric ester groups is 1. The number of carbonyl (C=O) groups is 1. The van der Waals surface area contributed by atoms with Gasteiger partial charge in [0.15, 0.2) is 25.2 Å². The summed E-state index contributed by atoms with van der Waals surface area (Å²) in [7, 11) is -4.82. The van der Waals surface area contributed by atoms with Crippen LogP contribution in [0.15, 0.2) is 0 Å². The van der Waals surface area contributed by atoms with E-state index in [1.807, 2.05) is 0 Å². The number of aliphatic hydroxyl groups excluding tert-OH is 12. The topological polar surface area (TPSA) is 418 Å². The van der Waals surface area contributed by atoms with Gasteiger partial charge in [0.1, 0.15) is 97.6 Å². The van der Waals surface area contributed by atoms with E-state index < -0.39 is 170 Å². The van der Waals surface area contributed by atoms with Crippen LogP contribution in [0.3, 0.4) is 0 Å². The third-order valence-corrected chi connectivity index (χ3v) is 10.2. The number of aliphatic hydroxyl groups is 12. The number of ether oxygens (including phenoxy) is 7. The van der Waals surface area contributed by atoms with E-state index in [4.69, 9.17) is 43.4 Å². The molecular formula is C28H51N2O24P. The lowest BCUT2D eigenvalue weighted by Gasteiger charge is -2.50. The number of phosphoric acid groups is 1. The number of rotatable bonds is 16. The van der Waals surface area contributed by atoms with E-state index in [0.29, 0.717) is 0 Å². The van der Waals surface area contributed by atoms with E-state index in [1.165, 1.54) is 0 Å². The Morgan fingerprint density at radius 1 is 0.618 bits per heavy atom. The monoisotopic (exact) mass is 830 g/mol. The number of nitrogens with two attached hydrogens (primary N) is 1. The predicted octanol–water partition coefficient (Wildman–Crippen LogP) is -9.51. The van der Waals surface area contributed by atoms with Gasteiger partial charge in [-0.1, -0.05) is 0 Å². The van der Waals surface area contributed by atoms with Crippen molar-refractivity contribution in [3.8, 4) is 0 Å². The molecule has 26 nitrogen and oxygen atoms in total. The summed E-state index contributed by atoms with van der Waals surface area (Å²) in [5.74, 6) is -0.733. The van der Waals surface area contributed by atoms with Crippen molar-refractivity contribution in [2.45, 2.75) is 130 Å². The second-order valence-corrected chi connectivity index (χ2v) is 14.5. The molecule has 4 aliphatic rings. The van der Waals surface area contributed by atoms with Crippen molar-refractivity contribution in [2.24, 2.45) is 5.73 Å². The molecule has 4 rings (SSSR count). The Labute approximate surface area is 312 Å². The van der Waals surface area contributed by atoms with Gasteiger partial charge >= 0.3 is 7.82 Å². The molecule has 4 saturated heterocycles. The molecule has 1 unspecified atom stereocenters. The molecule has 0 radical (unpaired) electrons. The van der Waals surface area contributed by atoms with E-state index in [1.54, 1.807) is 0 Å². The maximum absolute atomic E-state index is 12.3. The van der Waals surface area contributed by atoms with E-state index in [0.717, 1.165) is 6.92 Å². The summed E-state index contributed by atoms with van der Waals surface area (Å²) in [5, 5.41) is 129. The Morgan fingerprint density at radius 2 is 1.09 bits per heavy atom. The second-order valence-electron chi connectivity index (χ2n) is 13.1. The average Bonchev–Trinajstić information content (AvgIpc) is 3.14. The lowest BCUT2D eigenvalue weighted by Crippen LogP contribution is -2.69. The van der Waals surface area contributed by atoms with E-state index in [2.05, 4.69) is 9.84 Å². The summed E-state index contributed by atoms with van der Waals surface area (Å²) in [6.07, 6.45) is -36.4. The quantitative estimate of drug-likeness (QED) is 0.0642. The minimum Gasteiger partial charge on any atom is -0.394 e. The highest BCUT2D eigenvalue weighted by Crippen LogP contribution is 2.44. The molecule has 16 N–H and O–H groups in total. The molecule has 0 aliphatic carbocycles. The van der Waals surface area contributed by atoms with Crippen LogP contribution in [0.4, 0.5) is 0 Å². The van der Waals surface area contributed by atoms with Crippen LogP contribution in [-0.2, 0) is 51.6 Å². The van der Waals surface area contributed by atoms with E-state index >= 15 is 0 Å². The van der Waals surface area contributed by atoms with Crippen LogP contribution in [0.5, 0.6) is 0 Å². The summed E-state index contributed by atoms with van der Waals surface area (Å²) in [6.45, 7) is -3.30. The van der Waals surface area contributed by atoms with Gasteiger partial charge < -0.3 is 110 Å². The number of carbonyl (C=O) groups excluding carboxylic acids is 1. The van der Waals surface area contributed by atoms with Gasteiger partial charge in [-0.15, -0.1) is 0 Å². The molecule has 1 amide bonds. The molecule has 322 valence electrons. The van der Waals surface area contributed by atoms with Crippen molar-refractivity contribution in [2.75, 3.05) is 39.6 Å². The van der Waals surface area contributed by atoms with Gasteiger partial charge in [-0.25, -0.2) is 4.57 Å². The third kappa shape index (κ3) is 10.9. The molecule has 0 aromatic heterocycles. The van der Waals surface area contributed by atoms with Gasteiger partial charge in [0, 0.05) is 13.5 Å². The highest BCUT2D eigenvalue weighted by atomic mass is 31.2. The first-order chi connectivity index (χ1) is 25.9. The molecule has 55 heavy (non-hydrogen) atoms. The van der Waals surface area contributed by atoms with Gasteiger partial charge in [-0.05, 0) is 0 Å². The summed E-state index contributed by atoms with van der Waals surface area (Å²) in [5.41, 5.74) is 5.28. The zero-order chi connectivity index (χ0) is 40.9. The Kier molecular flexibility index (Phi) is 17.0. The maximum atomic E-state index is 12.3. The number of amides is 1. The minimum atomic E-state index is -4.82. The van der Waals surface area contributed by atoms with Gasteiger partial charge in [-0.3, -0.25) is 13.8 Å². The Hall–Kier alpha value is -1.22. The zero-order valence-corrected chi connectivity index (χ0v) is 30.0. The molecule has 27 heteroatoms. The number of hydrogen-bond donors (Lipinski definition) is 15. The molecule has 0 aromatic carbocycles.